The SMILES string of the molecule is CCCSCC(=O)Nc1ccc(N(CC)CC)cc1. The summed E-state index contributed by atoms with van der Waals surface area (Å²) < 4.78 is 0. The Morgan fingerprint density at radius 2 is 1.79 bits per heavy atom. The topological polar surface area (TPSA) is 32.3 Å². The largest absolute Gasteiger partial charge is 0.372 e. The van der Waals surface area contributed by atoms with Gasteiger partial charge >= 0.3 is 0 Å². The molecule has 1 aromatic carbocycles. The van der Waals surface area contributed by atoms with Gasteiger partial charge in [-0.2, -0.15) is 11.8 Å². The van der Waals surface area contributed by atoms with Crippen molar-refractivity contribution >= 4 is 29.0 Å². The summed E-state index contributed by atoms with van der Waals surface area (Å²) in [7, 11) is 0. The molecule has 1 N–H and O–H groups in total. The highest BCUT2D eigenvalue weighted by molar-refractivity contribution is 7.99. The second kappa shape index (κ2) is 8.86. The van der Waals surface area contributed by atoms with E-state index < -0.39 is 0 Å². The van der Waals surface area contributed by atoms with Crippen LogP contribution >= 0.6 is 11.8 Å². The van der Waals surface area contributed by atoms with Crippen LogP contribution in [0, 0.1) is 0 Å². The van der Waals surface area contributed by atoms with Crippen LogP contribution in [0.25, 0.3) is 0 Å². The molecule has 0 saturated heterocycles. The van der Waals surface area contributed by atoms with Crippen LogP contribution in [0.15, 0.2) is 24.3 Å². The molecule has 3 nitrogen and oxygen atoms in total. The zero-order chi connectivity index (χ0) is 14.1. The first-order valence-corrected chi connectivity index (χ1v) is 8.09. The Kier molecular flexibility index (Phi) is 7.41. The Balaban J connectivity index is 2.50. The molecule has 0 radical (unpaired) electrons. The fourth-order valence-corrected chi connectivity index (χ4v) is 2.54. The monoisotopic (exact) mass is 280 g/mol. The lowest BCUT2D eigenvalue weighted by Crippen LogP contribution is -2.21. The molecule has 1 amide bonds. The maximum atomic E-state index is 11.7. The molecule has 0 bridgehead atoms. The van der Waals surface area contributed by atoms with Crippen LogP contribution in [-0.4, -0.2) is 30.5 Å². The molecule has 0 heterocycles. The Hall–Kier alpha value is -1.16. The minimum absolute atomic E-state index is 0.0778. The van der Waals surface area contributed by atoms with Crippen LogP contribution in [-0.2, 0) is 4.79 Å². The van der Waals surface area contributed by atoms with Crippen LogP contribution < -0.4 is 10.2 Å². The van der Waals surface area contributed by atoms with E-state index in [1.807, 2.05) is 12.1 Å². The van der Waals surface area contributed by atoms with Gasteiger partial charge in [-0.15, -0.1) is 0 Å². The smallest absolute Gasteiger partial charge is 0.234 e. The minimum Gasteiger partial charge on any atom is -0.372 e. The average Bonchev–Trinajstić information content (AvgIpc) is 2.42. The summed E-state index contributed by atoms with van der Waals surface area (Å²) in [5.41, 5.74) is 2.07. The molecule has 0 fully saturated rings. The van der Waals surface area contributed by atoms with Crippen molar-refractivity contribution in [3.8, 4) is 0 Å². The lowest BCUT2D eigenvalue weighted by molar-refractivity contribution is -0.113. The fourth-order valence-electron chi connectivity index (χ4n) is 1.85. The number of carbonyl (C=O) groups is 1. The van der Waals surface area contributed by atoms with Gasteiger partial charge in [0.15, 0.2) is 0 Å². The molecular weight excluding hydrogens is 256 g/mol. The van der Waals surface area contributed by atoms with E-state index in [0.717, 1.165) is 31.0 Å². The van der Waals surface area contributed by atoms with Crippen molar-refractivity contribution in [2.24, 2.45) is 0 Å². The third kappa shape index (κ3) is 5.55. The van der Waals surface area contributed by atoms with Crippen LogP contribution in [0.1, 0.15) is 27.2 Å². The molecule has 0 aliphatic rings. The standard InChI is InChI=1S/C15H24N2OS/c1-4-11-19-12-15(18)16-13-7-9-14(10-8-13)17(5-2)6-3/h7-10H,4-6,11-12H2,1-3H3,(H,16,18). The Bertz CT molecular complexity index is 374. The van der Waals surface area contributed by atoms with Gasteiger partial charge < -0.3 is 10.2 Å². The van der Waals surface area contributed by atoms with Gasteiger partial charge in [-0.05, 0) is 50.3 Å². The van der Waals surface area contributed by atoms with E-state index in [-0.39, 0.29) is 5.91 Å². The minimum atomic E-state index is 0.0778. The van der Waals surface area contributed by atoms with Crippen molar-refractivity contribution in [1.29, 1.82) is 0 Å². The van der Waals surface area contributed by atoms with Crippen LogP contribution in [0.2, 0.25) is 0 Å². The number of benzene rings is 1. The molecule has 0 saturated carbocycles. The molecule has 106 valence electrons. The summed E-state index contributed by atoms with van der Waals surface area (Å²) >= 11 is 1.68. The fraction of sp³-hybridized carbons (Fsp3) is 0.533. The maximum Gasteiger partial charge on any atom is 0.234 e. The summed E-state index contributed by atoms with van der Waals surface area (Å²) in [5, 5.41) is 2.92. The predicted molar refractivity (Wildman–Crippen MR) is 86.2 cm³/mol. The van der Waals surface area contributed by atoms with Gasteiger partial charge in [0, 0.05) is 24.5 Å². The van der Waals surface area contributed by atoms with Gasteiger partial charge in [-0.3, -0.25) is 4.79 Å². The van der Waals surface area contributed by atoms with E-state index in [2.05, 4.69) is 43.1 Å². The third-order valence-electron chi connectivity index (χ3n) is 2.86. The van der Waals surface area contributed by atoms with Crippen molar-refractivity contribution in [3.63, 3.8) is 0 Å². The van der Waals surface area contributed by atoms with Crippen molar-refractivity contribution in [2.75, 3.05) is 34.8 Å². The number of anilines is 2. The number of amides is 1. The number of nitrogens with one attached hydrogen (secondary N) is 1. The van der Waals surface area contributed by atoms with Crippen LogP contribution in [0.4, 0.5) is 11.4 Å². The van der Waals surface area contributed by atoms with E-state index in [1.54, 1.807) is 11.8 Å². The van der Waals surface area contributed by atoms with E-state index in [9.17, 15) is 4.79 Å². The maximum absolute atomic E-state index is 11.7. The van der Waals surface area contributed by atoms with Gasteiger partial charge in [-0.25, -0.2) is 0 Å². The lowest BCUT2D eigenvalue weighted by atomic mass is 10.2. The molecule has 0 aromatic heterocycles. The summed E-state index contributed by atoms with van der Waals surface area (Å²) in [6.45, 7) is 8.40. The molecule has 0 unspecified atom stereocenters. The van der Waals surface area contributed by atoms with Crippen molar-refractivity contribution in [3.05, 3.63) is 24.3 Å². The van der Waals surface area contributed by atoms with E-state index in [1.165, 1.54) is 5.69 Å². The highest BCUT2D eigenvalue weighted by atomic mass is 32.2. The quantitative estimate of drug-likeness (QED) is 0.738. The Morgan fingerprint density at radius 1 is 1.16 bits per heavy atom. The summed E-state index contributed by atoms with van der Waals surface area (Å²) in [6.07, 6.45) is 1.11. The zero-order valence-electron chi connectivity index (χ0n) is 12.1. The third-order valence-corrected chi connectivity index (χ3v) is 4.02. The molecule has 19 heavy (non-hydrogen) atoms. The molecule has 0 spiro atoms. The normalized spacial score (nSPS) is 10.3. The second-order valence-electron chi connectivity index (χ2n) is 4.32. The molecular formula is C15H24N2OS. The summed E-state index contributed by atoms with van der Waals surface area (Å²) in [6, 6.07) is 8.05. The highest BCUT2D eigenvalue weighted by Crippen LogP contribution is 2.17. The van der Waals surface area contributed by atoms with Crippen LogP contribution in [0.5, 0.6) is 0 Å². The number of carbonyl (C=O) groups excluding carboxylic acids is 1. The van der Waals surface area contributed by atoms with E-state index in [4.69, 9.17) is 0 Å². The van der Waals surface area contributed by atoms with Gasteiger partial charge in [0.25, 0.3) is 0 Å². The average molecular weight is 280 g/mol. The zero-order valence-corrected chi connectivity index (χ0v) is 12.9. The first-order valence-electron chi connectivity index (χ1n) is 6.93. The van der Waals surface area contributed by atoms with Crippen molar-refractivity contribution in [1.82, 2.24) is 0 Å². The second-order valence-corrected chi connectivity index (χ2v) is 5.43. The molecule has 4 heteroatoms. The van der Waals surface area contributed by atoms with Crippen molar-refractivity contribution < 1.29 is 4.79 Å². The van der Waals surface area contributed by atoms with Gasteiger partial charge in [-0.1, -0.05) is 6.92 Å². The molecule has 0 atom stereocenters. The molecule has 1 aromatic rings. The van der Waals surface area contributed by atoms with E-state index in [0.29, 0.717) is 5.75 Å². The lowest BCUT2D eigenvalue weighted by Gasteiger charge is -2.21. The summed E-state index contributed by atoms with van der Waals surface area (Å²) in [5.74, 6) is 1.65. The molecule has 0 aliphatic heterocycles. The van der Waals surface area contributed by atoms with Crippen LogP contribution in [0.3, 0.4) is 0 Å². The number of nitrogens with zero attached hydrogens (tertiary/aromatic N) is 1. The number of hydrogen-bond donors (Lipinski definition) is 1. The predicted octanol–water partition coefficient (Wildman–Crippen LogP) is 3.61. The number of hydrogen-bond acceptors (Lipinski definition) is 3. The van der Waals surface area contributed by atoms with Crippen molar-refractivity contribution in [2.45, 2.75) is 27.2 Å². The molecule has 0 aliphatic carbocycles. The van der Waals surface area contributed by atoms with Gasteiger partial charge in [0.05, 0.1) is 5.75 Å². The number of thioether (sulfide) groups is 1. The number of rotatable bonds is 8. The first-order chi connectivity index (χ1) is 9.21. The first kappa shape index (κ1) is 15.9. The highest BCUT2D eigenvalue weighted by Gasteiger charge is 2.04. The van der Waals surface area contributed by atoms with Gasteiger partial charge in [0.2, 0.25) is 5.91 Å². The van der Waals surface area contributed by atoms with Gasteiger partial charge in [0.1, 0.15) is 0 Å². The molecule has 1 rings (SSSR count). The van der Waals surface area contributed by atoms with E-state index >= 15 is 0 Å². The Labute approximate surface area is 120 Å². The Morgan fingerprint density at radius 3 is 2.32 bits per heavy atom. The summed E-state index contributed by atoms with van der Waals surface area (Å²) in [4.78, 5) is 14.0.